The number of amides is 2. The number of hydrogen-bond acceptors (Lipinski definition) is 4. The zero-order chi connectivity index (χ0) is 20.7. The van der Waals surface area contributed by atoms with Crippen molar-refractivity contribution in [2.24, 2.45) is 11.3 Å². The largest absolute Gasteiger partial charge is 0.481 e. The van der Waals surface area contributed by atoms with Crippen molar-refractivity contribution in [2.75, 3.05) is 26.8 Å². The third-order valence-corrected chi connectivity index (χ3v) is 5.04. The number of benzene rings is 1. The number of aliphatic carboxylic acids is 1. The standard InChI is InChI=1S/C21H30N2O5/c1-15(2)12-17(24)22-18(16-8-5-4-6-9-16)19(25)23-11-7-10-21(13-23,14-28-3)20(26)27/h4-6,8-9,15,18H,7,10-14H2,1-3H3,(H,22,24)(H,26,27). The van der Waals surface area contributed by atoms with Gasteiger partial charge < -0.3 is 20.1 Å². The van der Waals surface area contributed by atoms with Crippen LogP contribution in [0.25, 0.3) is 0 Å². The van der Waals surface area contributed by atoms with Crippen LogP contribution >= 0.6 is 0 Å². The smallest absolute Gasteiger partial charge is 0.313 e. The Labute approximate surface area is 166 Å². The van der Waals surface area contributed by atoms with Crippen LogP contribution in [0.4, 0.5) is 0 Å². The molecule has 0 radical (unpaired) electrons. The minimum atomic E-state index is -1.12. The average Bonchev–Trinajstić information content (AvgIpc) is 2.66. The third-order valence-electron chi connectivity index (χ3n) is 5.04. The van der Waals surface area contributed by atoms with Gasteiger partial charge in [0.2, 0.25) is 11.8 Å². The summed E-state index contributed by atoms with van der Waals surface area (Å²) < 4.78 is 5.14. The van der Waals surface area contributed by atoms with Crippen molar-refractivity contribution in [3.8, 4) is 0 Å². The monoisotopic (exact) mass is 390 g/mol. The van der Waals surface area contributed by atoms with E-state index in [0.29, 0.717) is 31.4 Å². The number of likely N-dealkylation sites (tertiary alicyclic amines) is 1. The molecule has 154 valence electrons. The molecule has 0 aliphatic carbocycles. The summed E-state index contributed by atoms with van der Waals surface area (Å²) in [4.78, 5) is 39.1. The summed E-state index contributed by atoms with van der Waals surface area (Å²) in [5, 5.41) is 12.6. The zero-order valence-electron chi connectivity index (χ0n) is 16.8. The van der Waals surface area contributed by atoms with E-state index in [2.05, 4.69) is 5.32 Å². The van der Waals surface area contributed by atoms with Gasteiger partial charge in [-0.1, -0.05) is 44.2 Å². The Bertz CT molecular complexity index is 687. The average molecular weight is 390 g/mol. The number of carboxylic acid groups (broad SMARTS) is 1. The fourth-order valence-electron chi connectivity index (χ4n) is 3.66. The van der Waals surface area contributed by atoms with Crippen LogP contribution in [-0.2, 0) is 19.1 Å². The summed E-state index contributed by atoms with van der Waals surface area (Å²) in [6, 6.07) is 8.22. The Morgan fingerprint density at radius 2 is 1.93 bits per heavy atom. The maximum Gasteiger partial charge on any atom is 0.313 e. The second-order valence-corrected chi connectivity index (χ2v) is 7.89. The van der Waals surface area contributed by atoms with Crippen LogP contribution < -0.4 is 5.32 Å². The second-order valence-electron chi connectivity index (χ2n) is 7.89. The van der Waals surface area contributed by atoms with Crippen LogP contribution in [0.1, 0.15) is 44.7 Å². The lowest BCUT2D eigenvalue weighted by Crippen LogP contribution is -2.54. The van der Waals surface area contributed by atoms with E-state index in [1.54, 1.807) is 17.0 Å². The second kappa shape index (κ2) is 9.68. The van der Waals surface area contributed by atoms with E-state index in [9.17, 15) is 19.5 Å². The molecule has 2 N–H and O–H groups in total. The van der Waals surface area contributed by atoms with Crippen molar-refractivity contribution in [1.29, 1.82) is 0 Å². The molecule has 2 unspecified atom stereocenters. The highest BCUT2D eigenvalue weighted by Gasteiger charge is 2.45. The predicted octanol–water partition coefficient (Wildman–Crippen LogP) is 2.23. The first-order chi connectivity index (χ1) is 13.3. The first-order valence-electron chi connectivity index (χ1n) is 9.64. The first kappa shape index (κ1) is 21.9. The molecule has 1 heterocycles. The van der Waals surface area contributed by atoms with Gasteiger partial charge in [-0.25, -0.2) is 0 Å². The lowest BCUT2D eigenvalue weighted by Gasteiger charge is -2.40. The highest BCUT2D eigenvalue weighted by molar-refractivity contribution is 5.89. The fraction of sp³-hybridized carbons (Fsp3) is 0.571. The van der Waals surface area contributed by atoms with Gasteiger partial charge in [-0.2, -0.15) is 0 Å². The van der Waals surface area contributed by atoms with Gasteiger partial charge in [0.25, 0.3) is 0 Å². The van der Waals surface area contributed by atoms with Crippen molar-refractivity contribution in [1.82, 2.24) is 10.2 Å². The molecule has 1 fully saturated rings. The van der Waals surface area contributed by atoms with E-state index in [0.717, 1.165) is 0 Å². The van der Waals surface area contributed by atoms with Crippen LogP contribution in [-0.4, -0.2) is 54.6 Å². The topological polar surface area (TPSA) is 95.9 Å². The quantitative estimate of drug-likeness (QED) is 0.710. The Hall–Kier alpha value is -2.41. The van der Waals surface area contributed by atoms with Crippen molar-refractivity contribution in [3.63, 3.8) is 0 Å². The number of methoxy groups -OCH3 is 1. The SMILES string of the molecule is COCC1(C(=O)O)CCCN(C(=O)C(NC(=O)CC(C)C)c2ccccc2)C1. The van der Waals surface area contributed by atoms with Crippen molar-refractivity contribution < 1.29 is 24.2 Å². The number of nitrogens with one attached hydrogen (secondary N) is 1. The molecular weight excluding hydrogens is 360 g/mol. The molecule has 1 aliphatic heterocycles. The molecule has 2 rings (SSSR count). The number of nitrogens with zero attached hydrogens (tertiary/aromatic N) is 1. The van der Waals surface area contributed by atoms with Gasteiger partial charge in [-0.15, -0.1) is 0 Å². The normalized spacial score (nSPS) is 20.6. The number of carbonyl (C=O) groups is 3. The number of rotatable bonds is 8. The van der Waals surface area contributed by atoms with Gasteiger partial charge in [0.15, 0.2) is 0 Å². The molecule has 0 bridgehead atoms. The van der Waals surface area contributed by atoms with E-state index < -0.39 is 17.4 Å². The summed E-state index contributed by atoms with van der Waals surface area (Å²) in [5.74, 6) is -1.28. The van der Waals surface area contributed by atoms with E-state index >= 15 is 0 Å². The molecular formula is C21H30N2O5. The molecule has 2 amide bonds. The Balaban J connectivity index is 2.25. The summed E-state index contributed by atoms with van der Waals surface area (Å²) in [6.07, 6.45) is 1.35. The summed E-state index contributed by atoms with van der Waals surface area (Å²) in [7, 11) is 1.46. The fourth-order valence-corrected chi connectivity index (χ4v) is 3.66. The predicted molar refractivity (Wildman–Crippen MR) is 105 cm³/mol. The highest BCUT2D eigenvalue weighted by Crippen LogP contribution is 2.32. The molecule has 0 spiro atoms. The highest BCUT2D eigenvalue weighted by atomic mass is 16.5. The van der Waals surface area contributed by atoms with Crippen molar-refractivity contribution in [3.05, 3.63) is 35.9 Å². The van der Waals surface area contributed by atoms with E-state index in [1.807, 2.05) is 32.0 Å². The number of piperidine rings is 1. The van der Waals surface area contributed by atoms with Gasteiger partial charge in [0, 0.05) is 26.6 Å². The minimum absolute atomic E-state index is 0.0435. The molecule has 0 aromatic heterocycles. The molecule has 7 nitrogen and oxygen atoms in total. The van der Waals surface area contributed by atoms with Crippen LogP contribution in [0.3, 0.4) is 0 Å². The van der Waals surface area contributed by atoms with Gasteiger partial charge in [0.1, 0.15) is 11.5 Å². The van der Waals surface area contributed by atoms with Crippen LogP contribution in [0, 0.1) is 11.3 Å². The first-order valence-corrected chi connectivity index (χ1v) is 9.64. The molecule has 1 aromatic rings. The lowest BCUT2D eigenvalue weighted by molar-refractivity contribution is -0.160. The van der Waals surface area contributed by atoms with E-state index in [4.69, 9.17) is 4.74 Å². The van der Waals surface area contributed by atoms with E-state index in [1.165, 1.54) is 7.11 Å². The third kappa shape index (κ3) is 5.32. The molecule has 1 aliphatic rings. The summed E-state index contributed by atoms with van der Waals surface area (Å²) >= 11 is 0. The van der Waals surface area contributed by atoms with Gasteiger partial charge in [-0.05, 0) is 24.3 Å². The summed E-state index contributed by atoms with van der Waals surface area (Å²) in [6.45, 7) is 4.45. The number of carbonyl (C=O) groups excluding carboxylic acids is 2. The maximum absolute atomic E-state index is 13.3. The van der Waals surface area contributed by atoms with Crippen LogP contribution in [0.5, 0.6) is 0 Å². The Kier molecular flexibility index (Phi) is 7.57. The molecule has 1 saturated heterocycles. The van der Waals surface area contributed by atoms with E-state index in [-0.39, 0.29) is 30.9 Å². The molecule has 2 atom stereocenters. The number of carboxylic acids is 1. The molecule has 1 aromatic carbocycles. The minimum Gasteiger partial charge on any atom is -0.481 e. The number of ether oxygens (including phenoxy) is 1. The molecule has 7 heteroatoms. The lowest BCUT2D eigenvalue weighted by atomic mass is 9.80. The van der Waals surface area contributed by atoms with Gasteiger partial charge in [-0.3, -0.25) is 14.4 Å². The van der Waals surface area contributed by atoms with Crippen molar-refractivity contribution in [2.45, 2.75) is 39.2 Å². The van der Waals surface area contributed by atoms with Gasteiger partial charge in [0.05, 0.1) is 6.61 Å². The Morgan fingerprint density at radius 1 is 1.25 bits per heavy atom. The maximum atomic E-state index is 13.3. The zero-order valence-corrected chi connectivity index (χ0v) is 16.8. The number of hydrogen-bond donors (Lipinski definition) is 2. The summed E-state index contributed by atoms with van der Waals surface area (Å²) in [5.41, 5.74) is -0.436. The van der Waals surface area contributed by atoms with Crippen molar-refractivity contribution >= 4 is 17.8 Å². The van der Waals surface area contributed by atoms with Crippen LogP contribution in [0.2, 0.25) is 0 Å². The van der Waals surface area contributed by atoms with Gasteiger partial charge >= 0.3 is 5.97 Å². The Morgan fingerprint density at radius 3 is 2.50 bits per heavy atom. The van der Waals surface area contributed by atoms with Crippen LogP contribution in [0.15, 0.2) is 30.3 Å². The molecule has 28 heavy (non-hydrogen) atoms. The molecule has 0 saturated carbocycles.